The molecule has 0 bridgehead atoms. The second-order valence-electron chi connectivity index (χ2n) is 6.39. The average molecular weight is 493 g/mol. The van der Waals surface area contributed by atoms with Crippen LogP contribution in [0.1, 0.15) is 24.2 Å². The summed E-state index contributed by atoms with van der Waals surface area (Å²) in [7, 11) is -1.49. The number of halogens is 2. The van der Waals surface area contributed by atoms with Crippen LogP contribution in [0.2, 0.25) is 0 Å². The van der Waals surface area contributed by atoms with Crippen LogP contribution in [-0.4, -0.2) is 52.8 Å². The topological polar surface area (TPSA) is 80.8 Å². The van der Waals surface area contributed by atoms with Crippen molar-refractivity contribution in [3.05, 3.63) is 35.9 Å². The maximum absolute atomic E-state index is 12.7. The van der Waals surface area contributed by atoms with Gasteiger partial charge in [-0.2, -0.15) is 0 Å². The summed E-state index contributed by atoms with van der Waals surface area (Å²) in [5, 5.41) is -0.669. The van der Waals surface area contributed by atoms with Crippen LogP contribution < -0.4 is 0 Å². The van der Waals surface area contributed by atoms with E-state index in [1.165, 1.54) is 4.90 Å². The van der Waals surface area contributed by atoms with Gasteiger partial charge in [0.2, 0.25) is 0 Å². The van der Waals surface area contributed by atoms with Gasteiger partial charge in [0.25, 0.3) is 5.91 Å². The minimum absolute atomic E-state index is 0.340. The molecule has 1 unspecified atom stereocenters. The van der Waals surface area contributed by atoms with Gasteiger partial charge >= 0.3 is 5.97 Å². The van der Waals surface area contributed by atoms with E-state index in [2.05, 4.69) is 31.9 Å². The molecule has 2 heterocycles. The predicted octanol–water partition coefficient (Wildman–Crippen LogP) is 1.98. The Morgan fingerprint density at radius 1 is 1.24 bits per heavy atom. The van der Waals surface area contributed by atoms with Crippen LogP contribution in [0.3, 0.4) is 0 Å². The van der Waals surface area contributed by atoms with Crippen molar-refractivity contribution in [1.82, 2.24) is 4.90 Å². The van der Waals surface area contributed by atoms with Crippen molar-refractivity contribution in [3.63, 3.8) is 0 Å². The number of ether oxygens (including phenoxy) is 1. The number of Topliss-reactive ketones (excluding diaryl/α,β-unsaturated/α-hetero) is 1. The van der Waals surface area contributed by atoms with E-state index >= 15 is 0 Å². The number of amides is 1. The molecule has 3 atom stereocenters. The Labute approximate surface area is 164 Å². The van der Waals surface area contributed by atoms with Crippen LogP contribution in [0, 0.1) is 0 Å². The van der Waals surface area contributed by atoms with Crippen LogP contribution >= 0.6 is 31.9 Å². The Bertz CT molecular complexity index is 780. The molecule has 1 amide bonds. The van der Waals surface area contributed by atoms with Crippen molar-refractivity contribution in [1.29, 1.82) is 0 Å². The average Bonchev–Trinajstić information content (AvgIpc) is 2.78. The van der Waals surface area contributed by atoms with Crippen LogP contribution in [0.25, 0.3) is 0 Å². The molecule has 6 nitrogen and oxygen atoms in total. The Balaban J connectivity index is 1.75. The fraction of sp³-hybridized carbons (Fsp3) is 0.438. The molecular weight excluding hydrogens is 478 g/mol. The number of hydrogen-bond donors (Lipinski definition) is 0. The molecule has 0 radical (unpaired) electrons. The van der Waals surface area contributed by atoms with Crippen LogP contribution in [0.4, 0.5) is 0 Å². The highest BCUT2D eigenvalue weighted by Crippen LogP contribution is 2.55. The first-order valence-electron chi connectivity index (χ1n) is 7.46. The van der Waals surface area contributed by atoms with Gasteiger partial charge in [-0.05, 0) is 13.8 Å². The van der Waals surface area contributed by atoms with Crippen molar-refractivity contribution >= 4 is 60.3 Å². The zero-order valence-corrected chi connectivity index (χ0v) is 17.4. The standard InChI is InChI=1S/C16H15Br2NO5S/c1-15(2)11(19-13(22)16(17,18)14(19)25(15)23)12(21)24-8-10(20)9-6-4-3-5-7-9/h3-7,11,14H,8H2,1-2H3/t11-,14+,25?/m0/s1. The summed E-state index contributed by atoms with van der Waals surface area (Å²) in [6, 6.07) is 7.47. The van der Waals surface area contributed by atoms with E-state index in [9.17, 15) is 18.6 Å². The van der Waals surface area contributed by atoms with E-state index in [4.69, 9.17) is 4.74 Å². The minimum atomic E-state index is -1.49. The lowest BCUT2D eigenvalue weighted by Crippen LogP contribution is -2.69. The number of nitrogens with zero attached hydrogens (tertiary/aromatic N) is 1. The molecule has 0 aliphatic carbocycles. The third kappa shape index (κ3) is 2.80. The van der Waals surface area contributed by atoms with E-state index in [1.807, 2.05) is 0 Å². The summed E-state index contributed by atoms with van der Waals surface area (Å²) < 4.78 is 15.7. The lowest BCUT2D eigenvalue weighted by molar-refractivity contribution is -0.160. The number of hydrogen-bond acceptors (Lipinski definition) is 5. The van der Waals surface area contributed by atoms with E-state index in [-0.39, 0.29) is 11.7 Å². The predicted molar refractivity (Wildman–Crippen MR) is 99.0 cm³/mol. The number of alkyl halides is 2. The van der Waals surface area contributed by atoms with Crippen LogP contribution in [-0.2, 0) is 25.1 Å². The van der Waals surface area contributed by atoms with E-state index in [0.29, 0.717) is 5.56 Å². The number of fused-ring (bicyclic) bond motifs is 1. The largest absolute Gasteiger partial charge is 0.456 e. The third-order valence-corrected chi connectivity index (χ3v) is 8.80. The molecule has 9 heteroatoms. The maximum atomic E-state index is 12.7. The molecule has 0 N–H and O–H groups in total. The van der Waals surface area contributed by atoms with Crippen molar-refractivity contribution in [3.8, 4) is 0 Å². The number of carbonyl (C=O) groups is 3. The number of benzene rings is 1. The number of ketones is 1. The van der Waals surface area contributed by atoms with Gasteiger partial charge in [0, 0.05) is 5.56 Å². The molecule has 1 aromatic carbocycles. The molecule has 2 aliphatic heterocycles. The Morgan fingerprint density at radius 2 is 1.84 bits per heavy atom. The zero-order chi connectivity index (χ0) is 18.6. The summed E-state index contributed by atoms with van der Waals surface area (Å²) in [5.41, 5.74) is 0.433. The van der Waals surface area contributed by atoms with Gasteiger partial charge in [-0.25, -0.2) is 4.79 Å². The van der Waals surface area contributed by atoms with Crippen molar-refractivity contribution in [2.75, 3.05) is 6.61 Å². The molecule has 0 aromatic heterocycles. The van der Waals surface area contributed by atoms with Gasteiger partial charge in [-0.15, -0.1) is 0 Å². The van der Waals surface area contributed by atoms with Crippen molar-refractivity contribution < 1.29 is 23.3 Å². The first kappa shape index (κ1) is 18.7. The highest BCUT2D eigenvalue weighted by atomic mass is 79.9. The molecule has 134 valence electrons. The fourth-order valence-electron chi connectivity index (χ4n) is 3.04. The molecule has 2 saturated heterocycles. The molecule has 0 saturated carbocycles. The molecular formula is C16H15Br2NO5S. The van der Waals surface area contributed by atoms with E-state index in [1.54, 1.807) is 44.2 Å². The van der Waals surface area contributed by atoms with E-state index < -0.39 is 42.8 Å². The molecule has 2 aliphatic rings. The van der Waals surface area contributed by atoms with Gasteiger partial charge in [-0.3, -0.25) is 13.8 Å². The summed E-state index contributed by atoms with van der Waals surface area (Å²) in [4.78, 5) is 38.2. The summed E-state index contributed by atoms with van der Waals surface area (Å²) >= 11 is 6.45. The van der Waals surface area contributed by atoms with Gasteiger partial charge in [-0.1, -0.05) is 62.2 Å². The Hall–Kier alpha value is -1.06. The van der Waals surface area contributed by atoms with Gasteiger partial charge < -0.3 is 9.64 Å². The second-order valence-corrected chi connectivity index (χ2v) is 12.0. The lowest BCUT2D eigenvalue weighted by Gasteiger charge is -2.46. The summed E-state index contributed by atoms with van der Waals surface area (Å²) in [5.74, 6) is -1.45. The van der Waals surface area contributed by atoms with Gasteiger partial charge in [0.05, 0.1) is 15.5 Å². The molecule has 25 heavy (non-hydrogen) atoms. The second kappa shape index (κ2) is 6.28. The first-order chi connectivity index (χ1) is 11.6. The normalized spacial score (nSPS) is 28.9. The lowest BCUT2D eigenvalue weighted by atomic mass is 9.98. The number of β-lactam (4-membered cyclic amide) rings is 1. The first-order valence-corrected chi connectivity index (χ1v) is 10.3. The SMILES string of the molecule is CC1(C)[C@H](C(=O)OCC(=O)c2ccccc2)N2C(=O)C(Br)(Br)[C@H]2S1=O. The highest BCUT2D eigenvalue weighted by molar-refractivity contribution is 9.26. The molecule has 3 rings (SSSR count). The smallest absolute Gasteiger partial charge is 0.330 e. The molecule has 1 aromatic rings. The monoisotopic (exact) mass is 491 g/mol. The molecule has 0 spiro atoms. The van der Waals surface area contributed by atoms with Crippen LogP contribution in [0.15, 0.2) is 30.3 Å². The maximum Gasteiger partial charge on any atom is 0.330 e. The van der Waals surface area contributed by atoms with E-state index in [0.717, 1.165) is 0 Å². The van der Waals surface area contributed by atoms with Crippen LogP contribution in [0.5, 0.6) is 0 Å². The number of carbonyl (C=O) groups excluding carboxylic acids is 3. The quantitative estimate of drug-likeness (QED) is 0.278. The molecule has 2 fully saturated rings. The van der Waals surface area contributed by atoms with Gasteiger partial charge in [0.15, 0.2) is 15.6 Å². The Morgan fingerprint density at radius 3 is 2.44 bits per heavy atom. The zero-order valence-electron chi connectivity index (χ0n) is 13.4. The fourth-order valence-corrected chi connectivity index (χ4v) is 6.70. The third-order valence-electron chi connectivity index (χ3n) is 4.40. The van der Waals surface area contributed by atoms with Gasteiger partial charge in [0.1, 0.15) is 11.4 Å². The summed E-state index contributed by atoms with van der Waals surface area (Å²) in [6.07, 6.45) is 0. The number of rotatable bonds is 4. The number of esters is 1. The van der Waals surface area contributed by atoms with Crippen molar-refractivity contribution in [2.45, 2.75) is 33.2 Å². The highest BCUT2D eigenvalue weighted by Gasteiger charge is 2.73. The minimum Gasteiger partial charge on any atom is -0.456 e. The summed E-state index contributed by atoms with van der Waals surface area (Å²) in [6.45, 7) is 2.87. The Kier molecular flexibility index (Phi) is 4.70. The van der Waals surface area contributed by atoms with Crippen molar-refractivity contribution in [2.24, 2.45) is 0 Å².